The number of hydrogen-bond donors (Lipinski definition) is 3. The summed E-state index contributed by atoms with van der Waals surface area (Å²) in [6.45, 7) is 5.53. The summed E-state index contributed by atoms with van der Waals surface area (Å²) in [5.41, 5.74) is 5.92. The van der Waals surface area contributed by atoms with E-state index in [0.717, 1.165) is 64.6 Å². The summed E-state index contributed by atoms with van der Waals surface area (Å²) in [5.74, 6) is 0.0414. The van der Waals surface area contributed by atoms with E-state index in [-0.39, 0.29) is 11.9 Å². The van der Waals surface area contributed by atoms with Gasteiger partial charge in [-0.05, 0) is 44.0 Å². The molecule has 2 heterocycles. The minimum Gasteiger partial charge on any atom is -0.369 e. The maximum Gasteiger partial charge on any atom is 0.416 e. The number of carbonyl (C=O) groups excluding carboxylic acids is 1. The highest BCUT2D eigenvalue weighted by atomic mass is 19.4. The number of hydrogen-bond acceptors (Lipinski definition) is 5. The van der Waals surface area contributed by atoms with Gasteiger partial charge in [-0.1, -0.05) is 6.07 Å². The number of nitrogens with zero attached hydrogens (tertiary/aromatic N) is 2. The van der Waals surface area contributed by atoms with Crippen LogP contribution in [0.3, 0.4) is 0 Å². The molecule has 6 nitrogen and oxygen atoms in total. The van der Waals surface area contributed by atoms with Crippen LogP contribution in [0, 0.1) is 0 Å². The van der Waals surface area contributed by atoms with E-state index in [1.807, 2.05) is 4.90 Å². The van der Waals surface area contributed by atoms with Crippen LogP contribution in [0.25, 0.3) is 0 Å². The van der Waals surface area contributed by atoms with E-state index in [1.165, 1.54) is 12.1 Å². The van der Waals surface area contributed by atoms with Crippen molar-refractivity contribution < 1.29 is 18.0 Å². The first kappa shape index (κ1) is 20.9. The van der Waals surface area contributed by atoms with E-state index in [0.29, 0.717) is 12.2 Å². The van der Waals surface area contributed by atoms with Gasteiger partial charge in [-0.15, -0.1) is 0 Å². The number of carbonyl (C=O) groups is 1. The summed E-state index contributed by atoms with van der Waals surface area (Å²) in [6.07, 6.45) is -1.60. The number of halogens is 3. The predicted octanol–water partition coefficient (Wildman–Crippen LogP) is 1.59. The molecule has 0 saturated carbocycles. The maximum absolute atomic E-state index is 12.9. The van der Waals surface area contributed by atoms with Gasteiger partial charge in [-0.25, -0.2) is 5.43 Å². The van der Waals surface area contributed by atoms with E-state index in [4.69, 9.17) is 0 Å². The molecule has 3 N–H and O–H groups in total. The second-order valence-electron chi connectivity index (χ2n) is 7.29. The Labute approximate surface area is 163 Å². The van der Waals surface area contributed by atoms with Crippen LogP contribution in [0.2, 0.25) is 0 Å². The predicted molar refractivity (Wildman–Crippen MR) is 102 cm³/mol. The van der Waals surface area contributed by atoms with Crippen molar-refractivity contribution in [2.75, 3.05) is 50.7 Å². The molecule has 28 heavy (non-hydrogen) atoms. The number of piperazine rings is 1. The number of rotatable bonds is 7. The van der Waals surface area contributed by atoms with Gasteiger partial charge in [-0.2, -0.15) is 13.2 Å². The zero-order chi connectivity index (χ0) is 20.0. The third kappa shape index (κ3) is 5.83. The summed E-state index contributed by atoms with van der Waals surface area (Å²) in [7, 11) is 0. The van der Waals surface area contributed by atoms with Gasteiger partial charge in [0.2, 0.25) is 5.91 Å². The summed E-state index contributed by atoms with van der Waals surface area (Å²) in [4.78, 5) is 16.2. The lowest BCUT2D eigenvalue weighted by atomic mass is 10.1. The monoisotopic (exact) mass is 399 g/mol. The molecule has 2 fully saturated rings. The van der Waals surface area contributed by atoms with Crippen molar-refractivity contribution in [3.8, 4) is 0 Å². The van der Waals surface area contributed by atoms with Gasteiger partial charge in [0.25, 0.3) is 0 Å². The molecule has 0 radical (unpaired) electrons. The first-order valence-corrected chi connectivity index (χ1v) is 9.84. The quantitative estimate of drug-likeness (QED) is 0.608. The van der Waals surface area contributed by atoms with Crippen molar-refractivity contribution in [1.82, 2.24) is 21.1 Å². The van der Waals surface area contributed by atoms with Crippen LogP contribution in [0.5, 0.6) is 0 Å². The summed E-state index contributed by atoms with van der Waals surface area (Å²) < 4.78 is 38.6. The highest BCUT2D eigenvalue weighted by molar-refractivity contribution is 5.81. The summed E-state index contributed by atoms with van der Waals surface area (Å²) in [6, 6.07) is 5.41. The molecule has 3 rings (SSSR count). The fraction of sp³-hybridized carbons (Fsp3) is 0.632. The number of alkyl halides is 3. The van der Waals surface area contributed by atoms with E-state index in [9.17, 15) is 18.0 Å². The van der Waals surface area contributed by atoms with Crippen LogP contribution >= 0.6 is 0 Å². The molecule has 2 aliphatic rings. The highest BCUT2D eigenvalue weighted by Gasteiger charge is 2.31. The summed E-state index contributed by atoms with van der Waals surface area (Å²) >= 11 is 0. The molecule has 156 valence electrons. The van der Waals surface area contributed by atoms with E-state index < -0.39 is 11.7 Å². The molecule has 1 aromatic rings. The second-order valence-corrected chi connectivity index (χ2v) is 7.29. The zero-order valence-electron chi connectivity index (χ0n) is 15.9. The lowest BCUT2D eigenvalue weighted by Gasteiger charge is -2.36. The molecule has 2 saturated heterocycles. The molecule has 0 spiro atoms. The SMILES string of the molecule is O=C(NCCCCN1CCN(c2cccc(C(F)(F)F)c2)CC1)C1CCNN1. The fourth-order valence-electron chi connectivity index (χ4n) is 3.58. The first-order valence-electron chi connectivity index (χ1n) is 9.84. The number of anilines is 1. The maximum atomic E-state index is 12.9. The van der Waals surface area contributed by atoms with Gasteiger partial charge < -0.3 is 10.2 Å². The number of hydrazine groups is 1. The van der Waals surface area contributed by atoms with Crippen molar-refractivity contribution in [3.05, 3.63) is 29.8 Å². The van der Waals surface area contributed by atoms with Crippen molar-refractivity contribution in [3.63, 3.8) is 0 Å². The number of benzene rings is 1. The Bertz CT molecular complexity index is 641. The number of amides is 1. The number of unbranched alkanes of at least 4 members (excludes halogenated alkanes) is 1. The standard InChI is InChI=1S/C19H28F3N5O/c20-19(21,22)15-4-3-5-16(14-15)27-12-10-26(11-13-27)9-2-1-7-23-18(28)17-6-8-24-25-17/h3-5,14,17,24-25H,1-2,6-13H2,(H,23,28). The Balaban J connectivity index is 1.33. The highest BCUT2D eigenvalue weighted by Crippen LogP contribution is 2.31. The van der Waals surface area contributed by atoms with Crippen LogP contribution in [0.4, 0.5) is 18.9 Å². The number of nitrogens with one attached hydrogen (secondary N) is 3. The van der Waals surface area contributed by atoms with Crippen LogP contribution in [0.15, 0.2) is 24.3 Å². The van der Waals surface area contributed by atoms with Crippen molar-refractivity contribution in [2.45, 2.75) is 31.5 Å². The zero-order valence-corrected chi connectivity index (χ0v) is 15.9. The van der Waals surface area contributed by atoms with Gasteiger partial charge in [0.15, 0.2) is 0 Å². The molecule has 2 aliphatic heterocycles. The Kier molecular flexibility index (Phi) is 7.14. The van der Waals surface area contributed by atoms with Gasteiger partial charge >= 0.3 is 6.18 Å². The Morgan fingerprint density at radius 3 is 2.64 bits per heavy atom. The van der Waals surface area contributed by atoms with Crippen LogP contribution < -0.4 is 21.1 Å². The van der Waals surface area contributed by atoms with Crippen molar-refractivity contribution in [2.24, 2.45) is 0 Å². The van der Waals surface area contributed by atoms with Gasteiger partial charge in [0, 0.05) is 45.0 Å². The summed E-state index contributed by atoms with van der Waals surface area (Å²) in [5, 5.41) is 2.95. The minimum atomic E-state index is -4.31. The van der Waals surface area contributed by atoms with Gasteiger partial charge in [0.1, 0.15) is 6.04 Å². The largest absolute Gasteiger partial charge is 0.416 e. The molecule has 0 aliphatic carbocycles. The van der Waals surface area contributed by atoms with E-state index >= 15 is 0 Å². The first-order chi connectivity index (χ1) is 13.4. The lowest BCUT2D eigenvalue weighted by Crippen LogP contribution is -2.46. The molecule has 1 atom stereocenters. The topological polar surface area (TPSA) is 59.6 Å². The lowest BCUT2D eigenvalue weighted by molar-refractivity contribution is -0.137. The molecule has 1 amide bonds. The van der Waals surface area contributed by atoms with Crippen molar-refractivity contribution in [1.29, 1.82) is 0 Å². The van der Waals surface area contributed by atoms with E-state index in [1.54, 1.807) is 6.07 Å². The molecule has 1 aromatic carbocycles. The molecular weight excluding hydrogens is 371 g/mol. The molecular formula is C19H28F3N5O. The third-order valence-corrected chi connectivity index (χ3v) is 5.26. The van der Waals surface area contributed by atoms with E-state index in [2.05, 4.69) is 21.1 Å². The molecule has 9 heteroatoms. The van der Waals surface area contributed by atoms with Crippen LogP contribution in [0.1, 0.15) is 24.8 Å². The Morgan fingerprint density at radius 1 is 1.18 bits per heavy atom. The average molecular weight is 399 g/mol. The van der Waals surface area contributed by atoms with Gasteiger partial charge in [0.05, 0.1) is 5.56 Å². The van der Waals surface area contributed by atoms with Crippen LogP contribution in [-0.2, 0) is 11.0 Å². The second kappa shape index (κ2) is 9.58. The Hall–Kier alpha value is -1.84. The Morgan fingerprint density at radius 2 is 1.96 bits per heavy atom. The average Bonchev–Trinajstić information content (AvgIpc) is 3.22. The smallest absolute Gasteiger partial charge is 0.369 e. The molecule has 0 aromatic heterocycles. The minimum absolute atomic E-state index is 0.0414. The molecule has 1 unspecified atom stereocenters. The van der Waals surface area contributed by atoms with Crippen LogP contribution in [-0.4, -0.2) is 62.7 Å². The fourth-order valence-corrected chi connectivity index (χ4v) is 3.58. The normalized spacial score (nSPS) is 21.1. The molecule has 0 bridgehead atoms. The third-order valence-electron chi connectivity index (χ3n) is 5.26. The van der Waals surface area contributed by atoms with Crippen molar-refractivity contribution >= 4 is 11.6 Å². The van der Waals surface area contributed by atoms with Gasteiger partial charge in [-0.3, -0.25) is 15.1 Å².